The normalized spacial score (nSPS) is 9.70. The molecule has 0 unspecified atom stereocenters. The van der Waals surface area contributed by atoms with Crippen molar-refractivity contribution in [1.29, 1.82) is 0 Å². The maximum Gasteiger partial charge on any atom is 0.255 e. The van der Waals surface area contributed by atoms with Crippen molar-refractivity contribution in [2.45, 2.75) is 13.5 Å². The van der Waals surface area contributed by atoms with Gasteiger partial charge in [0, 0.05) is 23.9 Å². The van der Waals surface area contributed by atoms with E-state index in [-0.39, 0.29) is 12.5 Å². The van der Waals surface area contributed by atoms with Gasteiger partial charge in [-0.3, -0.25) is 9.48 Å². The number of carbonyl (C=O) groups excluding carboxylic acids is 1. The molecule has 20 heavy (non-hydrogen) atoms. The van der Waals surface area contributed by atoms with Crippen molar-refractivity contribution in [2.75, 3.05) is 11.9 Å². The molecule has 0 saturated heterocycles. The number of hydrogen-bond donors (Lipinski definition) is 2. The predicted molar refractivity (Wildman–Crippen MR) is 76.3 cm³/mol. The quantitative estimate of drug-likeness (QED) is 0.830. The van der Waals surface area contributed by atoms with E-state index in [1.54, 1.807) is 41.3 Å². The summed E-state index contributed by atoms with van der Waals surface area (Å²) in [4.78, 5) is 12.0. The van der Waals surface area contributed by atoms with Crippen LogP contribution < -0.4 is 5.32 Å². The smallest absolute Gasteiger partial charge is 0.255 e. The molecule has 2 rings (SSSR count). The molecular weight excluding hydrogens is 254 g/mol. The number of aromatic nitrogens is 2. The number of carbonyl (C=O) groups is 1. The molecule has 0 aliphatic rings. The monoisotopic (exact) mass is 269 g/mol. The molecule has 102 valence electrons. The lowest BCUT2D eigenvalue weighted by atomic mass is 10.1. The summed E-state index contributed by atoms with van der Waals surface area (Å²) >= 11 is 0. The topological polar surface area (TPSA) is 67.2 Å². The Kier molecular flexibility index (Phi) is 4.53. The number of rotatable bonds is 3. The first kappa shape index (κ1) is 13.8. The van der Waals surface area contributed by atoms with Gasteiger partial charge in [0.15, 0.2) is 0 Å². The predicted octanol–water partition coefficient (Wildman–Crippen LogP) is 1.50. The lowest BCUT2D eigenvalue weighted by Crippen LogP contribution is -2.11. The molecule has 2 aromatic rings. The standard InChI is InChI=1S/C15H15N3O2/c1-2-18-11-14(10-16-18)17-15(20)13-7-5-12(6-8-13)4-3-9-19/h5-8,10-11,19H,2,9H2,1H3,(H,17,20). The summed E-state index contributed by atoms with van der Waals surface area (Å²) in [5, 5.41) is 15.5. The van der Waals surface area contributed by atoms with Crippen LogP contribution in [0.4, 0.5) is 5.69 Å². The average molecular weight is 269 g/mol. The Hall–Kier alpha value is -2.58. The Balaban J connectivity index is 2.05. The minimum absolute atomic E-state index is 0.177. The third-order valence-electron chi connectivity index (χ3n) is 2.67. The van der Waals surface area contributed by atoms with Gasteiger partial charge < -0.3 is 10.4 Å². The van der Waals surface area contributed by atoms with Crippen molar-refractivity contribution in [3.63, 3.8) is 0 Å². The second-order valence-electron chi connectivity index (χ2n) is 4.08. The van der Waals surface area contributed by atoms with Crippen LogP contribution >= 0.6 is 0 Å². The van der Waals surface area contributed by atoms with Gasteiger partial charge in [0.1, 0.15) is 6.61 Å². The van der Waals surface area contributed by atoms with Gasteiger partial charge in [-0.2, -0.15) is 5.10 Å². The van der Waals surface area contributed by atoms with Gasteiger partial charge in [-0.1, -0.05) is 11.8 Å². The molecule has 0 saturated carbocycles. The minimum Gasteiger partial charge on any atom is -0.384 e. The molecule has 0 fully saturated rings. The maximum absolute atomic E-state index is 12.0. The Morgan fingerprint density at radius 3 is 2.75 bits per heavy atom. The summed E-state index contributed by atoms with van der Waals surface area (Å²) in [5.74, 6) is 5.14. The minimum atomic E-state index is -0.192. The van der Waals surface area contributed by atoms with E-state index < -0.39 is 0 Å². The molecule has 0 bridgehead atoms. The summed E-state index contributed by atoms with van der Waals surface area (Å²) in [7, 11) is 0. The third-order valence-corrected chi connectivity index (χ3v) is 2.67. The molecule has 0 radical (unpaired) electrons. The van der Waals surface area contributed by atoms with E-state index in [2.05, 4.69) is 22.3 Å². The van der Waals surface area contributed by atoms with Crippen LogP contribution in [0.15, 0.2) is 36.7 Å². The zero-order chi connectivity index (χ0) is 14.4. The lowest BCUT2D eigenvalue weighted by Gasteiger charge is -2.02. The van der Waals surface area contributed by atoms with Crippen LogP contribution in [0.2, 0.25) is 0 Å². The fraction of sp³-hybridized carbons (Fsp3) is 0.200. The fourth-order valence-electron chi connectivity index (χ4n) is 1.65. The van der Waals surface area contributed by atoms with Crippen LogP contribution in [0.1, 0.15) is 22.8 Å². The molecule has 1 heterocycles. The molecule has 0 atom stereocenters. The van der Waals surface area contributed by atoms with Gasteiger partial charge >= 0.3 is 0 Å². The lowest BCUT2D eigenvalue weighted by molar-refractivity contribution is 0.102. The molecule has 5 heteroatoms. The highest BCUT2D eigenvalue weighted by molar-refractivity contribution is 6.04. The van der Waals surface area contributed by atoms with Crippen LogP contribution in [-0.4, -0.2) is 27.4 Å². The molecule has 5 nitrogen and oxygen atoms in total. The van der Waals surface area contributed by atoms with Gasteiger partial charge in [-0.15, -0.1) is 0 Å². The summed E-state index contributed by atoms with van der Waals surface area (Å²) in [6.45, 7) is 2.56. The summed E-state index contributed by atoms with van der Waals surface area (Å²) < 4.78 is 1.74. The summed E-state index contributed by atoms with van der Waals surface area (Å²) in [5.41, 5.74) is 1.97. The van der Waals surface area contributed by atoms with Gasteiger partial charge in [0.25, 0.3) is 5.91 Å². The number of aryl methyl sites for hydroxylation is 1. The number of benzene rings is 1. The first-order valence-electron chi connectivity index (χ1n) is 6.26. The van der Waals surface area contributed by atoms with Crippen molar-refractivity contribution in [3.05, 3.63) is 47.8 Å². The molecule has 0 spiro atoms. The fourth-order valence-corrected chi connectivity index (χ4v) is 1.65. The summed E-state index contributed by atoms with van der Waals surface area (Å²) in [6.07, 6.45) is 3.39. The highest BCUT2D eigenvalue weighted by Crippen LogP contribution is 2.09. The zero-order valence-electron chi connectivity index (χ0n) is 11.1. The van der Waals surface area contributed by atoms with Gasteiger partial charge in [0.05, 0.1) is 11.9 Å². The molecule has 1 amide bonds. The number of hydrogen-bond acceptors (Lipinski definition) is 3. The number of amides is 1. The zero-order valence-corrected chi connectivity index (χ0v) is 11.1. The molecule has 0 aliphatic carbocycles. The SMILES string of the molecule is CCn1cc(NC(=O)c2ccc(C#CCO)cc2)cn1. The van der Waals surface area contributed by atoms with E-state index in [9.17, 15) is 4.79 Å². The van der Waals surface area contributed by atoms with Crippen molar-refractivity contribution < 1.29 is 9.90 Å². The summed E-state index contributed by atoms with van der Waals surface area (Å²) in [6, 6.07) is 6.88. The van der Waals surface area contributed by atoms with E-state index in [0.29, 0.717) is 11.3 Å². The van der Waals surface area contributed by atoms with E-state index in [1.165, 1.54) is 0 Å². The Morgan fingerprint density at radius 1 is 1.40 bits per heavy atom. The number of aliphatic hydroxyl groups is 1. The van der Waals surface area contributed by atoms with Gasteiger partial charge in [-0.05, 0) is 31.2 Å². The van der Waals surface area contributed by atoms with E-state index in [4.69, 9.17) is 5.11 Å². The van der Waals surface area contributed by atoms with Crippen molar-refractivity contribution in [2.24, 2.45) is 0 Å². The van der Waals surface area contributed by atoms with E-state index >= 15 is 0 Å². The first-order valence-corrected chi connectivity index (χ1v) is 6.26. The van der Waals surface area contributed by atoms with Crippen molar-refractivity contribution >= 4 is 11.6 Å². The molecule has 1 aromatic carbocycles. The van der Waals surface area contributed by atoms with Crippen molar-refractivity contribution in [1.82, 2.24) is 9.78 Å². The molecular formula is C15H15N3O2. The highest BCUT2D eigenvalue weighted by atomic mass is 16.2. The maximum atomic E-state index is 12.0. The Morgan fingerprint density at radius 2 is 2.15 bits per heavy atom. The number of nitrogens with one attached hydrogen (secondary N) is 1. The van der Waals surface area contributed by atoms with Gasteiger partial charge in [-0.25, -0.2) is 0 Å². The van der Waals surface area contributed by atoms with Crippen LogP contribution in [-0.2, 0) is 6.54 Å². The van der Waals surface area contributed by atoms with Crippen molar-refractivity contribution in [3.8, 4) is 11.8 Å². The van der Waals surface area contributed by atoms with E-state index in [0.717, 1.165) is 12.1 Å². The Bertz CT molecular complexity index is 648. The first-order chi connectivity index (χ1) is 9.72. The van der Waals surface area contributed by atoms with Crippen LogP contribution in [0.5, 0.6) is 0 Å². The second kappa shape index (κ2) is 6.55. The van der Waals surface area contributed by atoms with Crippen LogP contribution in [0.3, 0.4) is 0 Å². The second-order valence-corrected chi connectivity index (χ2v) is 4.08. The molecule has 2 N–H and O–H groups in total. The number of nitrogens with zero attached hydrogens (tertiary/aromatic N) is 2. The highest BCUT2D eigenvalue weighted by Gasteiger charge is 2.06. The van der Waals surface area contributed by atoms with Gasteiger partial charge in [0.2, 0.25) is 0 Å². The van der Waals surface area contributed by atoms with E-state index in [1.807, 2.05) is 6.92 Å². The number of anilines is 1. The van der Waals surface area contributed by atoms with Crippen LogP contribution in [0.25, 0.3) is 0 Å². The van der Waals surface area contributed by atoms with Crippen LogP contribution in [0, 0.1) is 11.8 Å². The average Bonchev–Trinajstić information content (AvgIpc) is 2.93. The molecule has 1 aromatic heterocycles. The number of aliphatic hydroxyl groups excluding tert-OH is 1. The largest absolute Gasteiger partial charge is 0.384 e. The molecule has 0 aliphatic heterocycles. The Labute approximate surface area is 117 Å². The third kappa shape index (κ3) is 3.46.